The molecule has 0 amide bonds. The molecule has 0 saturated heterocycles. The van der Waals surface area contributed by atoms with Gasteiger partial charge in [0.2, 0.25) is 0 Å². The minimum absolute atomic E-state index is 0.119. The molecule has 2 N–H and O–H groups in total. The van der Waals surface area contributed by atoms with E-state index in [1.54, 1.807) is 0 Å². The fourth-order valence-electron chi connectivity index (χ4n) is 2.19. The molecule has 0 fully saturated rings. The number of hydrogen-bond acceptors (Lipinski definition) is 2. The van der Waals surface area contributed by atoms with Crippen molar-refractivity contribution in [3.63, 3.8) is 0 Å². The lowest BCUT2D eigenvalue weighted by Crippen LogP contribution is -2.22. The molecule has 100 valence electrons. The standard InChI is InChI=1S/C17H21NS/c1-12-9-10-16(13(2)11-12)19-17(14(3)18)15-7-5-4-6-8-15/h4-11,14,17H,18H2,1-3H3. The fourth-order valence-corrected chi connectivity index (χ4v) is 3.36. The molecular formula is C17H21NS. The topological polar surface area (TPSA) is 26.0 Å². The van der Waals surface area contributed by atoms with Gasteiger partial charge >= 0.3 is 0 Å². The van der Waals surface area contributed by atoms with Crippen molar-refractivity contribution >= 4 is 11.8 Å². The van der Waals surface area contributed by atoms with Gasteiger partial charge in [-0.3, -0.25) is 0 Å². The summed E-state index contributed by atoms with van der Waals surface area (Å²) >= 11 is 1.86. The molecule has 2 atom stereocenters. The van der Waals surface area contributed by atoms with Crippen LogP contribution in [0.3, 0.4) is 0 Å². The van der Waals surface area contributed by atoms with Gasteiger partial charge in [-0.15, -0.1) is 11.8 Å². The molecule has 0 saturated carbocycles. The third-order valence-electron chi connectivity index (χ3n) is 3.19. The molecule has 0 aromatic heterocycles. The fraction of sp³-hybridized carbons (Fsp3) is 0.294. The van der Waals surface area contributed by atoms with Crippen LogP contribution in [0.5, 0.6) is 0 Å². The molecule has 0 radical (unpaired) electrons. The minimum atomic E-state index is 0.119. The van der Waals surface area contributed by atoms with E-state index in [0.29, 0.717) is 5.25 Å². The maximum atomic E-state index is 6.18. The quantitative estimate of drug-likeness (QED) is 0.829. The highest BCUT2D eigenvalue weighted by atomic mass is 32.2. The summed E-state index contributed by atoms with van der Waals surface area (Å²) in [4.78, 5) is 1.32. The van der Waals surface area contributed by atoms with Crippen molar-refractivity contribution < 1.29 is 0 Å². The van der Waals surface area contributed by atoms with Gasteiger partial charge in [-0.1, -0.05) is 48.0 Å². The molecule has 2 aromatic rings. The van der Waals surface area contributed by atoms with Crippen LogP contribution in [-0.2, 0) is 0 Å². The summed E-state index contributed by atoms with van der Waals surface area (Å²) in [5.41, 5.74) is 10.1. The van der Waals surface area contributed by atoms with E-state index in [0.717, 1.165) is 0 Å². The Morgan fingerprint density at radius 1 is 1.00 bits per heavy atom. The Labute approximate surface area is 120 Å². The zero-order valence-corrected chi connectivity index (χ0v) is 12.6. The summed E-state index contributed by atoms with van der Waals surface area (Å²) in [7, 11) is 0. The average Bonchev–Trinajstić information content (AvgIpc) is 2.38. The summed E-state index contributed by atoms with van der Waals surface area (Å²) < 4.78 is 0. The third kappa shape index (κ3) is 3.62. The van der Waals surface area contributed by atoms with Gasteiger partial charge < -0.3 is 5.73 Å². The molecule has 2 aromatic carbocycles. The molecule has 0 bridgehead atoms. The second-order valence-corrected chi connectivity index (χ2v) is 6.26. The van der Waals surface area contributed by atoms with Gasteiger partial charge in [-0.05, 0) is 38.0 Å². The van der Waals surface area contributed by atoms with E-state index in [9.17, 15) is 0 Å². The normalized spacial score (nSPS) is 14.1. The largest absolute Gasteiger partial charge is 0.327 e. The highest BCUT2D eigenvalue weighted by Crippen LogP contribution is 2.38. The van der Waals surface area contributed by atoms with E-state index < -0.39 is 0 Å². The Kier molecular flexibility index (Phi) is 4.67. The van der Waals surface area contributed by atoms with Gasteiger partial charge in [0.15, 0.2) is 0 Å². The number of rotatable bonds is 4. The third-order valence-corrected chi connectivity index (χ3v) is 4.86. The Morgan fingerprint density at radius 3 is 2.26 bits per heavy atom. The van der Waals surface area contributed by atoms with E-state index in [4.69, 9.17) is 5.73 Å². The first-order chi connectivity index (χ1) is 9.08. The molecule has 0 spiro atoms. The zero-order valence-electron chi connectivity index (χ0n) is 11.8. The van der Waals surface area contributed by atoms with Gasteiger partial charge in [0.25, 0.3) is 0 Å². The number of thioether (sulfide) groups is 1. The molecule has 19 heavy (non-hydrogen) atoms. The molecule has 2 unspecified atom stereocenters. The van der Waals surface area contributed by atoms with Crippen molar-refractivity contribution in [3.05, 3.63) is 65.2 Å². The number of aryl methyl sites for hydroxylation is 2. The van der Waals surface area contributed by atoms with E-state index in [2.05, 4.69) is 63.2 Å². The summed E-state index contributed by atoms with van der Waals surface area (Å²) in [6.07, 6.45) is 0. The lowest BCUT2D eigenvalue weighted by molar-refractivity contribution is 0.721. The molecule has 2 rings (SSSR count). The van der Waals surface area contributed by atoms with Crippen LogP contribution in [0.25, 0.3) is 0 Å². The van der Waals surface area contributed by atoms with E-state index in [1.807, 2.05) is 17.8 Å². The molecular weight excluding hydrogens is 250 g/mol. The van der Waals surface area contributed by atoms with Gasteiger partial charge in [0.05, 0.1) is 0 Å². The lowest BCUT2D eigenvalue weighted by atomic mass is 10.1. The molecule has 0 aliphatic heterocycles. The van der Waals surface area contributed by atoms with Crippen LogP contribution in [0.1, 0.15) is 28.9 Å². The van der Waals surface area contributed by atoms with E-state index >= 15 is 0 Å². The number of nitrogens with two attached hydrogens (primary N) is 1. The van der Waals surface area contributed by atoms with Crippen LogP contribution in [0, 0.1) is 13.8 Å². The van der Waals surface area contributed by atoms with Crippen molar-refractivity contribution in [2.75, 3.05) is 0 Å². The molecule has 0 aliphatic carbocycles. The first kappa shape index (κ1) is 14.2. The first-order valence-electron chi connectivity index (χ1n) is 6.62. The van der Waals surface area contributed by atoms with Gasteiger partial charge in [0, 0.05) is 16.2 Å². The Balaban J connectivity index is 2.27. The monoisotopic (exact) mass is 271 g/mol. The van der Waals surface area contributed by atoms with E-state index in [1.165, 1.54) is 21.6 Å². The smallest absolute Gasteiger partial charge is 0.0492 e. The molecule has 0 aliphatic rings. The minimum Gasteiger partial charge on any atom is -0.327 e. The highest BCUT2D eigenvalue weighted by molar-refractivity contribution is 7.99. The van der Waals surface area contributed by atoms with Crippen molar-refractivity contribution in [1.29, 1.82) is 0 Å². The second-order valence-electron chi connectivity index (χ2n) is 5.08. The van der Waals surface area contributed by atoms with Gasteiger partial charge in [0.1, 0.15) is 0 Å². The Morgan fingerprint density at radius 2 is 1.68 bits per heavy atom. The van der Waals surface area contributed by atoms with Gasteiger partial charge in [-0.25, -0.2) is 0 Å². The maximum absolute atomic E-state index is 6.18. The average molecular weight is 271 g/mol. The van der Waals surface area contributed by atoms with Crippen LogP contribution in [0.4, 0.5) is 0 Å². The predicted molar refractivity (Wildman–Crippen MR) is 84.6 cm³/mol. The highest BCUT2D eigenvalue weighted by Gasteiger charge is 2.18. The molecule has 1 nitrogen and oxygen atoms in total. The summed E-state index contributed by atoms with van der Waals surface area (Å²) in [6.45, 7) is 6.37. The van der Waals surface area contributed by atoms with Crippen molar-refractivity contribution in [3.8, 4) is 0 Å². The van der Waals surface area contributed by atoms with Crippen molar-refractivity contribution in [2.45, 2.75) is 37.0 Å². The van der Waals surface area contributed by atoms with E-state index in [-0.39, 0.29) is 6.04 Å². The van der Waals surface area contributed by atoms with Crippen LogP contribution in [0.15, 0.2) is 53.4 Å². The number of benzene rings is 2. The van der Waals surface area contributed by atoms with Crippen molar-refractivity contribution in [1.82, 2.24) is 0 Å². The van der Waals surface area contributed by atoms with Crippen molar-refractivity contribution in [2.24, 2.45) is 5.73 Å². The molecule has 2 heteroatoms. The van der Waals surface area contributed by atoms with Crippen LogP contribution in [0.2, 0.25) is 0 Å². The summed E-state index contributed by atoms with van der Waals surface area (Å²) in [5, 5.41) is 0.294. The summed E-state index contributed by atoms with van der Waals surface area (Å²) in [6, 6.07) is 17.2. The summed E-state index contributed by atoms with van der Waals surface area (Å²) in [5.74, 6) is 0. The van der Waals surface area contributed by atoms with Gasteiger partial charge in [-0.2, -0.15) is 0 Å². The van der Waals surface area contributed by atoms with Crippen LogP contribution in [-0.4, -0.2) is 6.04 Å². The zero-order chi connectivity index (χ0) is 13.8. The first-order valence-corrected chi connectivity index (χ1v) is 7.50. The Bertz CT molecular complexity index is 534. The van der Waals surface area contributed by atoms with Crippen LogP contribution >= 0.6 is 11.8 Å². The lowest BCUT2D eigenvalue weighted by Gasteiger charge is -2.22. The molecule has 0 heterocycles. The Hall–Kier alpha value is -1.25. The second kappa shape index (κ2) is 6.27. The predicted octanol–water partition coefficient (Wildman–Crippen LogP) is 4.48. The number of hydrogen-bond donors (Lipinski definition) is 1. The SMILES string of the molecule is Cc1ccc(SC(c2ccccc2)C(C)N)c(C)c1. The van der Waals surface area contributed by atoms with Crippen LogP contribution < -0.4 is 5.73 Å². The maximum Gasteiger partial charge on any atom is 0.0492 e.